The lowest BCUT2D eigenvalue weighted by atomic mass is 10.1. The topological polar surface area (TPSA) is 114 Å². The molecule has 0 aromatic heterocycles. The average molecular weight is 343 g/mol. The molecule has 1 amide bonds. The molecule has 0 fully saturated rings. The van der Waals surface area contributed by atoms with Crippen molar-refractivity contribution in [1.82, 2.24) is 5.43 Å². The number of carbonyl (C=O) groups is 1. The van der Waals surface area contributed by atoms with Crippen LogP contribution in [-0.2, 0) is 4.79 Å². The molecule has 8 heteroatoms. The number of hydrogen-bond acceptors (Lipinski definition) is 6. The second kappa shape index (κ2) is 7.91. The zero-order valence-electron chi connectivity index (χ0n) is 13.7. The Bertz CT molecular complexity index is 813. The predicted molar refractivity (Wildman–Crippen MR) is 91.9 cm³/mol. The summed E-state index contributed by atoms with van der Waals surface area (Å²) < 4.78 is 5.38. The lowest BCUT2D eigenvalue weighted by Crippen LogP contribution is -2.24. The molecular weight excluding hydrogens is 326 g/mol. The first-order chi connectivity index (χ1) is 11.8. The van der Waals surface area contributed by atoms with Crippen LogP contribution in [-0.4, -0.2) is 28.8 Å². The Labute approximate surface area is 143 Å². The smallest absolute Gasteiger partial charge is 0.277 e. The maximum Gasteiger partial charge on any atom is 0.277 e. The number of hydrogen-bond donors (Lipinski definition) is 2. The van der Waals surface area contributed by atoms with Gasteiger partial charge < -0.3 is 9.84 Å². The van der Waals surface area contributed by atoms with Gasteiger partial charge in [0.25, 0.3) is 11.6 Å². The molecule has 0 bridgehead atoms. The van der Waals surface area contributed by atoms with Crippen molar-refractivity contribution in [3.05, 3.63) is 63.2 Å². The fourth-order valence-corrected chi connectivity index (χ4v) is 2.13. The molecule has 0 aliphatic heterocycles. The lowest BCUT2D eigenvalue weighted by Gasteiger charge is -2.07. The second-order valence-electron chi connectivity index (χ2n) is 5.41. The highest BCUT2D eigenvalue weighted by Crippen LogP contribution is 2.21. The molecule has 0 spiro atoms. The highest BCUT2D eigenvalue weighted by molar-refractivity contribution is 5.86. The zero-order valence-corrected chi connectivity index (χ0v) is 13.7. The maximum atomic E-state index is 11.7. The summed E-state index contributed by atoms with van der Waals surface area (Å²) in [4.78, 5) is 21.8. The van der Waals surface area contributed by atoms with Crippen molar-refractivity contribution in [1.29, 1.82) is 0 Å². The van der Waals surface area contributed by atoms with Gasteiger partial charge in [0.05, 0.1) is 11.1 Å². The van der Waals surface area contributed by atoms with Crippen LogP contribution in [0.4, 0.5) is 5.69 Å². The maximum absolute atomic E-state index is 11.7. The Balaban J connectivity index is 1.92. The van der Waals surface area contributed by atoms with E-state index in [1.807, 2.05) is 32.0 Å². The molecule has 0 aliphatic rings. The molecule has 25 heavy (non-hydrogen) atoms. The molecule has 2 aromatic carbocycles. The van der Waals surface area contributed by atoms with E-state index in [4.69, 9.17) is 4.74 Å². The second-order valence-corrected chi connectivity index (χ2v) is 5.41. The van der Waals surface area contributed by atoms with E-state index in [0.29, 0.717) is 5.75 Å². The average Bonchev–Trinajstić information content (AvgIpc) is 2.53. The Morgan fingerprint density at radius 3 is 2.60 bits per heavy atom. The summed E-state index contributed by atoms with van der Waals surface area (Å²) in [5, 5.41) is 24.0. The number of phenols is 1. The van der Waals surface area contributed by atoms with Crippen molar-refractivity contribution in [2.75, 3.05) is 6.61 Å². The first-order valence-electron chi connectivity index (χ1n) is 7.35. The third kappa shape index (κ3) is 5.31. The quantitative estimate of drug-likeness (QED) is 0.475. The molecule has 2 aromatic rings. The fraction of sp³-hybridized carbons (Fsp3) is 0.176. The minimum Gasteiger partial charge on any atom is -0.507 e. The molecule has 0 saturated carbocycles. The highest BCUT2D eigenvalue weighted by Gasteiger charge is 2.09. The molecule has 130 valence electrons. The Hall–Kier alpha value is -3.42. The van der Waals surface area contributed by atoms with Crippen molar-refractivity contribution in [2.45, 2.75) is 13.8 Å². The van der Waals surface area contributed by atoms with Crippen molar-refractivity contribution < 1.29 is 19.6 Å². The summed E-state index contributed by atoms with van der Waals surface area (Å²) in [6, 6.07) is 9.11. The van der Waals surface area contributed by atoms with E-state index in [-0.39, 0.29) is 23.6 Å². The van der Waals surface area contributed by atoms with Crippen LogP contribution in [0.1, 0.15) is 16.7 Å². The minimum atomic E-state index is -0.590. The molecular formula is C17H17N3O5. The van der Waals surface area contributed by atoms with Gasteiger partial charge >= 0.3 is 0 Å². The van der Waals surface area contributed by atoms with Crippen molar-refractivity contribution >= 4 is 17.8 Å². The number of amides is 1. The van der Waals surface area contributed by atoms with E-state index < -0.39 is 10.8 Å². The van der Waals surface area contributed by atoms with Gasteiger partial charge in [-0.1, -0.05) is 6.07 Å². The van der Waals surface area contributed by atoms with Crippen LogP contribution in [0, 0.1) is 24.0 Å². The number of ether oxygens (including phenoxy) is 1. The number of carbonyl (C=O) groups excluding carboxylic acids is 1. The van der Waals surface area contributed by atoms with Crippen LogP contribution < -0.4 is 10.2 Å². The molecule has 8 nitrogen and oxygen atoms in total. The van der Waals surface area contributed by atoms with Crippen LogP contribution in [0.2, 0.25) is 0 Å². The number of benzene rings is 2. The largest absolute Gasteiger partial charge is 0.507 e. The van der Waals surface area contributed by atoms with Gasteiger partial charge in [0.1, 0.15) is 11.5 Å². The number of hydrazone groups is 1. The van der Waals surface area contributed by atoms with Crippen LogP contribution >= 0.6 is 0 Å². The standard InChI is InChI=1S/C17H17N3O5/c1-11-5-12(2)7-15(6-11)25-10-17(22)19-18-9-13-8-14(20(23)24)3-4-16(13)21/h3-9,21H,10H2,1-2H3,(H,19,22)/b18-9+. The summed E-state index contributed by atoms with van der Waals surface area (Å²) in [5.74, 6) is -0.108. The minimum absolute atomic E-state index is 0.115. The number of nitro benzene ring substituents is 1. The fourth-order valence-electron chi connectivity index (χ4n) is 2.13. The SMILES string of the molecule is Cc1cc(C)cc(OCC(=O)N/N=C/c2cc([N+](=O)[O-])ccc2O)c1. The van der Waals surface area contributed by atoms with Crippen LogP contribution in [0.25, 0.3) is 0 Å². The van der Waals surface area contributed by atoms with Gasteiger partial charge in [-0.15, -0.1) is 0 Å². The highest BCUT2D eigenvalue weighted by atomic mass is 16.6. The summed E-state index contributed by atoms with van der Waals surface area (Å²) in [7, 11) is 0. The van der Waals surface area contributed by atoms with Gasteiger partial charge in [0, 0.05) is 17.7 Å². The van der Waals surface area contributed by atoms with Crippen LogP contribution in [0.5, 0.6) is 11.5 Å². The Kier molecular flexibility index (Phi) is 5.67. The molecule has 2 N–H and O–H groups in total. The molecule has 0 heterocycles. The Morgan fingerprint density at radius 2 is 1.96 bits per heavy atom. The normalized spacial score (nSPS) is 10.6. The number of non-ortho nitro benzene ring substituents is 1. The van der Waals surface area contributed by atoms with E-state index in [9.17, 15) is 20.0 Å². The third-order valence-corrected chi connectivity index (χ3v) is 3.18. The van der Waals surface area contributed by atoms with Gasteiger partial charge in [0.15, 0.2) is 6.61 Å². The number of aryl methyl sites for hydroxylation is 2. The van der Waals surface area contributed by atoms with E-state index in [1.54, 1.807) is 0 Å². The summed E-state index contributed by atoms with van der Waals surface area (Å²) in [6.45, 7) is 3.62. The number of nitro groups is 1. The molecule has 2 rings (SSSR count). The molecule has 0 aliphatic carbocycles. The first kappa shape index (κ1) is 17.9. The van der Waals surface area contributed by atoms with Crippen molar-refractivity contribution in [3.8, 4) is 11.5 Å². The zero-order chi connectivity index (χ0) is 18.4. The van der Waals surface area contributed by atoms with E-state index in [0.717, 1.165) is 23.4 Å². The van der Waals surface area contributed by atoms with Gasteiger partial charge in [-0.2, -0.15) is 5.10 Å². The van der Waals surface area contributed by atoms with Crippen LogP contribution in [0.15, 0.2) is 41.5 Å². The van der Waals surface area contributed by atoms with E-state index in [2.05, 4.69) is 10.5 Å². The van der Waals surface area contributed by atoms with Gasteiger partial charge in [-0.3, -0.25) is 14.9 Å². The van der Waals surface area contributed by atoms with Crippen molar-refractivity contribution in [2.24, 2.45) is 5.10 Å². The van der Waals surface area contributed by atoms with Gasteiger partial charge in [-0.05, 0) is 43.2 Å². The summed E-state index contributed by atoms with van der Waals surface area (Å²) >= 11 is 0. The summed E-state index contributed by atoms with van der Waals surface area (Å²) in [6.07, 6.45) is 1.12. The number of nitrogens with zero attached hydrogens (tertiary/aromatic N) is 2. The van der Waals surface area contributed by atoms with Crippen molar-refractivity contribution in [3.63, 3.8) is 0 Å². The number of phenolic OH excluding ortho intramolecular Hbond substituents is 1. The Morgan fingerprint density at radius 1 is 1.28 bits per heavy atom. The molecule has 0 atom stereocenters. The number of nitrogens with one attached hydrogen (secondary N) is 1. The summed E-state index contributed by atoms with van der Waals surface area (Å²) in [5.41, 5.74) is 4.20. The number of aromatic hydroxyl groups is 1. The molecule has 0 saturated heterocycles. The lowest BCUT2D eigenvalue weighted by molar-refractivity contribution is -0.384. The molecule has 0 radical (unpaired) electrons. The van der Waals surface area contributed by atoms with Gasteiger partial charge in [0.2, 0.25) is 0 Å². The van der Waals surface area contributed by atoms with Crippen LogP contribution in [0.3, 0.4) is 0 Å². The van der Waals surface area contributed by atoms with Gasteiger partial charge in [-0.25, -0.2) is 5.43 Å². The third-order valence-electron chi connectivity index (χ3n) is 3.18. The first-order valence-corrected chi connectivity index (χ1v) is 7.35. The van der Waals surface area contributed by atoms with E-state index in [1.165, 1.54) is 12.1 Å². The van der Waals surface area contributed by atoms with E-state index >= 15 is 0 Å². The number of rotatable bonds is 6. The predicted octanol–water partition coefficient (Wildman–Crippen LogP) is 2.45. The monoisotopic (exact) mass is 343 g/mol. The molecule has 0 unspecified atom stereocenters.